The lowest BCUT2D eigenvalue weighted by atomic mass is 9.97. The second kappa shape index (κ2) is 11.5. The van der Waals surface area contributed by atoms with E-state index in [0.29, 0.717) is 11.6 Å². The number of rotatable bonds is 8. The van der Waals surface area contributed by atoms with Crippen LogP contribution in [0.3, 0.4) is 0 Å². The van der Waals surface area contributed by atoms with Crippen LogP contribution < -0.4 is 5.32 Å². The summed E-state index contributed by atoms with van der Waals surface area (Å²) < 4.78 is 56.6. The van der Waals surface area contributed by atoms with Crippen molar-refractivity contribution >= 4 is 81.2 Å². The summed E-state index contributed by atoms with van der Waals surface area (Å²) in [5.74, 6) is -9.58. The fraction of sp³-hybridized carbons (Fsp3) is 0.222. The van der Waals surface area contributed by atoms with E-state index in [4.69, 9.17) is 58.0 Å². The number of carbonyl (C=O) groups is 3. The highest BCUT2D eigenvalue weighted by Crippen LogP contribution is 2.65. The molecular formula is C27H16Cl5F4NO3. The standard InChI is InChI=1S/C27H16Cl5F4NO3/c1-10(38)4-11-2-3-18(33)14(24(11)35)9-20(39)15-7-13(8-19(34)25(15)36)37-26(40)22-21(27(22,31)32)12-5-16(28)23(30)17(29)6-12/h2-3,5-8,21-22H,4,9H2,1H3,(H,37,40)/t21-,22+/m0/s1. The first-order valence-corrected chi connectivity index (χ1v) is 13.3. The lowest BCUT2D eigenvalue weighted by molar-refractivity contribution is -0.117. The number of carbonyl (C=O) groups excluding carboxylic acids is 3. The van der Waals surface area contributed by atoms with Crippen molar-refractivity contribution in [2.75, 3.05) is 5.32 Å². The van der Waals surface area contributed by atoms with Gasteiger partial charge in [0.15, 0.2) is 17.4 Å². The number of hydrogen-bond acceptors (Lipinski definition) is 3. The van der Waals surface area contributed by atoms with Crippen molar-refractivity contribution in [3.05, 3.63) is 97.0 Å². The lowest BCUT2D eigenvalue weighted by Crippen LogP contribution is -2.18. The molecule has 0 heterocycles. The van der Waals surface area contributed by atoms with Crippen molar-refractivity contribution in [2.24, 2.45) is 5.92 Å². The maximum atomic E-state index is 14.8. The minimum Gasteiger partial charge on any atom is -0.326 e. The van der Waals surface area contributed by atoms with Crippen molar-refractivity contribution < 1.29 is 31.9 Å². The molecule has 210 valence electrons. The first-order chi connectivity index (χ1) is 18.6. The van der Waals surface area contributed by atoms with Crippen molar-refractivity contribution in [3.63, 3.8) is 0 Å². The average Bonchev–Trinajstić information content (AvgIpc) is 3.45. The third kappa shape index (κ3) is 5.97. The Hall–Kier alpha value is -2.36. The molecule has 0 bridgehead atoms. The summed E-state index contributed by atoms with van der Waals surface area (Å²) in [6.07, 6.45) is -1.33. The molecule has 0 aliphatic heterocycles. The summed E-state index contributed by atoms with van der Waals surface area (Å²) in [5, 5.41) is 2.63. The van der Waals surface area contributed by atoms with Crippen LogP contribution in [0.25, 0.3) is 0 Å². The van der Waals surface area contributed by atoms with Crippen LogP contribution in [0.2, 0.25) is 15.1 Å². The largest absolute Gasteiger partial charge is 0.326 e. The van der Waals surface area contributed by atoms with Crippen molar-refractivity contribution in [2.45, 2.75) is 30.0 Å². The number of hydrogen-bond donors (Lipinski definition) is 1. The van der Waals surface area contributed by atoms with E-state index in [-0.39, 0.29) is 32.7 Å². The highest BCUT2D eigenvalue weighted by molar-refractivity contribution is 6.54. The normalized spacial score (nSPS) is 17.4. The van der Waals surface area contributed by atoms with Crippen LogP contribution >= 0.6 is 58.0 Å². The van der Waals surface area contributed by atoms with Gasteiger partial charge in [-0.2, -0.15) is 0 Å². The second-order valence-corrected chi connectivity index (χ2v) is 11.9. The van der Waals surface area contributed by atoms with Crippen LogP contribution in [0, 0.1) is 29.2 Å². The van der Waals surface area contributed by atoms with Gasteiger partial charge in [0.2, 0.25) is 5.91 Å². The second-order valence-electron chi connectivity index (χ2n) is 9.22. The summed E-state index contributed by atoms with van der Waals surface area (Å²) in [6.45, 7) is 1.20. The Labute approximate surface area is 250 Å². The fourth-order valence-corrected chi connectivity index (χ4v) is 5.82. The molecule has 1 N–H and O–H groups in total. The van der Waals surface area contributed by atoms with Gasteiger partial charge < -0.3 is 5.32 Å². The van der Waals surface area contributed by atoms with Gasteiger partial charge in [-0.25, -0.2) is 17.6 Å². The predicted molar refractivity (Wildman–Crippen MR) is 146 cm³/mol. The average molecular weight is 656 g/mol. The molecule has 0 spiro atoms. The Morgan fingerprint density at radius 3 is 2.10 bits per heavy atom. The zero-order valence-electron chi connectivity index (χ0n) is 20.2. The van der Waals surface area contributed by atoms with Crippen LogP contribution in [0.4, 0.5) is 23.2 Å². The number of nitrogens with one attached hydrogen (secondary N) is 1. The third-order valence-electron chi connectivity index (χ3n) is 6.34. The molecule has 0 unspecified atom stereocenters. The van der Waals surface area contributed by atoms with Gasteiger partial charge in [-0.3, -0.25) is 14.4 Å². The molecule has 1 aliphatic carbocycles. The van der Waals surface area contributed by atoms with Crippen LogP contribution in [0.15, 0.2) is 36.4 Å². The van der Waals surface area contributed by atoms with Gasteiger partial charge in [0.05, 0.1) is 26.5 Å². The minimum absolute atomic E-state index is 0.0906. The van der Waals surface area contributed by atoms with E-state index >= 15 is 0 Å². The van der Waals surface area contributed by atoms with E-state index in [0.717, 1.165) is 18.2 Å². The summed E-state index contributed by atoms with van der Waals surface area (Å²) >= 11 is 30.7. The highest BCUT2D eigenvalue weighted by atomic mass is 35.5. The van der Waals surface area contributed by atoms with Crippen molar-refractivity contribution in [1.82, 2.24) is 0 Å². The van der Waals surface area contributed by atoms with Crippen LogP contribution in [0.1, 0.15) is 39.9 Å². The zero-order valence-corrected chi connectivity index (χ0v) is 23.9. The Morgan fingerprint density at radius 2 is 1.50 bits per heavy atom. The number of amides is 1. The quantitative estimate of drug-likeness (QED) is 0.115. The summed E-state index contributed by atoms with van der Waals surface area (Å²) in [7, 11) is 0. The van der Waals surface area contributed by atoms with Crippen molar-refractivity contribution in [1.29, 1.82) is 0 Å². The monoisotopic (exact) mass is 653 g/mol. The number of benzene rings is 3. The molecule has 0 radical (unpaired) electrons. The van der Waals surface area contributed by atoms with Crippen molar-refractivity contribution in [3.8, 4) is 0 Å². The number of anilines is 1. The molecule has 3 aromatic rings. The predicted octanol–water partition coefficient (Wildman–Crippen LogP) is 8.29. The molecule has 3 aromatic carbocycles. The van der Waals surface area contributed by atoms with Crippen LogP contribution in [-0.2, 0) is 22.4 Å². The molecule has 4 rings (SSSR count). The molecule has 1 saturated carbocycles. The summed E-state index contributed by atoms with van der Waals surface area (Å²) in [4.78, 5) is 37.2. The Bertz CT molecular complexity index is 1560. The molecule has 40 heavy (non-hydrogen) atoms. The van der Waals surface area contributed by atoms with E-state index in [9.17, 15) is 31.9 Å². The van der Waals surface area contributed by atoms with Gasteiger partial charge in [-0.05, 0) is 42.3 Å². The number of halogens is 9. The van der Waals surface area contributed by atoms with Crippen LogP contribution in [0.5, 0.6) is 0 Å². The zero-order chi connectivity index (χ0) is 29.7. The van der Waals surface area contributed by atoms with Gasteiger partial charge in [0.1, 0.15) is 21.8 Å². The van der Waals surface area contributed by atoms with E-state index in [1.54, 1.807) is 0 Å². The van der Waals surface area contributed by atoms with Gasteiger partial charge in [-0.1, -0.05) is 40.9 Å². The number of Topliss-reactive ketones (excluding diaryl/α,β-unsaturated/α-hetero) is 2. The van der Waals surface area contributed by atoms with Gasteiger partial charge >= 0.3 is 0 Å². The van der Waals surface area contributed by atoms with Gasteiger partial charge in [0, 0.05) is 36.1 Å². The number of ketones is 2. The molecule has 1 amide bonds. The Morgan fingerprint density at radius 1 is 0.875 bits per heavy atom. The smallest absolute Gasteiger partial charge is 0.231 e. The SMILES string of the molecule is CC(=O)Cc1ccc(F)c(CC(=O)c2cc(NC(=O)[C@H]3[C@H](c4cc(Cl)c(Cl)c(Cl)c4)C3(Cl)Cl)cc(F)c2F)c1F. The topological polar surface area (TPSA) is 63.2 Å². The highest BCUT2D eigenvalue weighted by Gasteiger charge is 2.67. The number of alkyl halides is 2. The lowest BCUT2D eigenvalue weighted by Gasteiger charge is -2.11. The summed E-state index contributed by atoms with van der Waals surface area (Å²) in [6, 6.07) is 6.24. The van der Waals surface area contributed by atoms with E-state index in [1.807, 2.05) is 0 Å². The first kappa shape index (κ1) is 30.6. The Balaban J connectivity index is 1.58. The summed E-state index contributed by atoms with van der Waals surface area (Å²) in [5.41, 5.74) is -1.66. The van der Waals surface area contributed by atoms with Crippen LogP contribution in [-0.4, -0.2) is 21.8 Å². The molecular weight excluding hydrogens is 640 g/mol. The maximum absolute atomic E-state index is 14.8. The third-order valence-corrected chi connectivity index (χ3v) is 8.48. The maximum Gasteiger partial charge on any atom is 0.231 e. The molecule has 0 aromatic heterocycles. The van der Waals surface area contributed by atoms with Gasteiger partial charge in [-0.15, -0.1) is 23.2 Å². The van der Waals surface area contributed by atoms with E-state index in [2.05, 4.69) is 5.32 Å². The molecule has 1 fully saturated rings. The molecule has 4 nitrogen and oxygen atoms in total. The molecule has 0 saturated heterocycles. The molecule has 13 heteroatoms. The Kier molecular flexibility index (Phi) is 8.79. The molecule has 2 atom stereocenters. The molecule has 1 aliphatic rings. The fourth-order valence-electron chi connectivity index (χ4n) is 4.38. The van der Waals surface area contributed by atoms with E-state index in [1.165, 1.54) is 19.1 Å². The van der Waals surface area contributed by atoms with E-state index < -0.39 is 74.5 Å². The minimum atomic E-state index is -1.61. The van der Waals surface area contributed by atoms with Gasteiger partial charge in [0.25, 0.3) is 0 Å². The first-order valence-electron chi connectivity index (χ1n) is 11.4.